The predicted octanol–water partition coefficient (Wildman–Crippen LogP) is 3.68. The Morgan fingerprint density at radius 3 is 2.79 bits per heavy atom. The van der Waals surface area contributed by atoms with Gasteiger partial charge in [-0.1, -0.05) is 12.1 Å². The summed E-state index contributed by atoms with van der Waals surface area (Å²) in [6.45, 7) is 2.00. The SMILES string of the molecule is CC=Cc1ccc(CCCCCl)cn1. The molecule has 1 aromatic heterocycles. The summed E-state index contributed by atoms with van der Waals surface area (Å²) in [6, 6.07) is 4.19. The van der Waals surface area contributed by atoms with Crippen LogP contribution in [0.25, 0.3) is 6.08 Å². The van der Waals surface area contributed by atoms with Crippen LogP contribution in [0.3, 0.4) is 0 Å². The topological polar surface area (TPSA) is 12.9 Å². The molecular formula is C12H16ClN. The maximum atomic E-state index is 5.61. The smallest absolute Gasteiger partial charge is 0.0626 e. The first-order valence-electron chi connectivity index (χ1n) is 5.00. The average molecular weight is 210 g/mol. The molecule has 0 aliphatic carbocycles. The van der Waals surface area contributed by atoms with Gasteiger partial charge in [-0.3, -0.25) is 4.98 Å². The Morgan fingerprint density at radius 1 is 1.36 bits per heavy atom. The van der Waals surface area contributed by atoms with Crippen LogP contribution in [0, 0.1) is 0 Å². The van der Waals surface area contributed by atoms with Gasteiger partial charge in [-0.25, -0.2) is 0 Å². The van der Waals surface area contributed by atoms with Gasteiger partial charge in [0.15, 0.2) is 0 Å². The van der Waals surface area contributed by atoms with Crippen molar-refractivity contribution in [3.8, 4) is 0 Å². The van der Waals surface area contributed by atoms with Crippen molar-refractivity contribution in [1.29, 1.82) is 0 Å². The highest BCUT2D eigenvalue weighted by Crippen LogP contribution is 2.06. The summed E-state index contributed by atoms with van der Waals surface area (Å²) in [6.07, 6.45) is 9.25. The maximum Gasteiger partial charge on any atom is 0.0626 e. The number of aryl methyl sites for hydroxylation is 1. The normalized spacial score (nSPS) is 11.0. The van der Waals surface area contributed by atoms with Gasteiger partial charge in [0.05, 0.1) is 5.69 Å². The minimum atomic E-state index is 0.754. The zero-order chi connectivity index (χ0) is 10.2. The fraction of sp³-hybridized carbons (Fsp3) is 0.417. The van der Waals surface area contributed by atoms with Crippen LogP contribution in [0.5, 0.6) is 0 Å². The lowest BCUT2D eigenvalue weighted by Gasteiger charge is -1.99. The quantitative estimate of drug-likeness (QED) is 0.533. The number of halogens is 1. The molecule has 1 rings (SSSR count). The van der Waals surface area contributed by atoms with Crippen LogP contribution in [0.15, 0.2) is 24.4 Å². The van der Waals surface area contributed by atoms with E-state index in [1.165, 1.54) is 5.56 Å². The van der Waals surface area contributed by atoms with E-state index in [1.807, 2.05) is 25.3 Å². The van der Waals surface area contributed by atoms with Gasteiger partial charge >= 0.3 is 0 Å². The van der Waals surface area contributed by atoms with Gasteiger partial charge < -0.3 is 0 Å². The van der Waals surface area contributed by atoms with Crippen molar-refractivity contribution in [2.75, 3.05) is 5.88 Å². The van der Waals surface area contributed by atoms with E-state index in [9.17, 15) is 0 Å². The zero-order valence-corrected chi connectivity index (χ0v) is 9.30. The number of hydrogen-bond acceptors (Lipinski definition) is 1. The number of hydrogen-bond donors (Lipinski definition) is 0. The molecule has 0 aliphatic heterocycles. The second kappa shape index (κ2) is 6.61. The van der Waals surface area contributed by atoms with Crippen molar-refractivity contribution in [2.24, 2.45) is 0 Å². The number of pyridine rings is 1. The van der Waals surface area contributed by atoms with E-state index in [-0.39, 0.29) is 0 Å². The molecule has 1 nitrogen and oxygen atoms in total. The number of unbranched alkanes of at least 4 members (excludes halogenated alkanes) is 1. The number of aromatic nitrogens is 1. The lowest BCUT2D eigenvalue weighted by atomic mass is 10.1. The molecular weight excluding hydrogens is 194 g/mol. The fourth-order valence-corrected chi connectivity index (χ4v) is 1.47. The summed E-state index contributed by atoms with van der Waals surface area (Å²) in [5.74, 6) is 0.754. The van der Waals surface area contributed by atoms with Crippen molar-refractivity contribution in [3.05, 3.63) is 35.7 Å². The van der Waals surface area contributed by atoms with E-state index < -0.39 is 0 Å². The number of nitrogens with zero attached hydrogens (tertiary/aromatic N) is 1. The number of alkyl halides is 1. The Hall–Kier alpha value is -0.820. The van der Waals surface area contributed by atoms with Gasteiger partial charge in [-0.05, 0) is 43.9 Å². The third-order valence-corrected chi connectivity index (χ3v) is 2.30. The van der Waals surface area contributed by atoms with Gasteiger partial charge in [0.2, 0.25) is 0 Å². The van der Waals surface area contributed by atoms with Gasteiger partial charge in [-0.2, -0.15) is 0 Å². The Labute approximate surface area is 90.8 Å². The Balaban J connectivity index is 2.46. The largest absolute Gasteiger partial charge is 0.257 e. The summed E-state index contributed by atoms with van der Waals surface area (Å²) in [5.41, 5.74) is 2.32. The number of rotatable bonds is 5. The lowest BCUT2D eigenvalue weighted by molar-refractivity contribution is 0.796. The molecule has 0 aromatic carbocycles. The maximum absolute atomic E-state index is 5.61. The average Bonchev–Trinajstić information content (AvgIpc) is 2.21. The molecule has 76 valence electrons. The van der Waals surface area contributed by atoms with Crippen molar-refractivity contribution in [2.45, 2.75) is 26.2 Å². The molecule has 0 saturated heterocycles. The van der Waals surface area contributed by atoms with E-state index in [4.69, 9.17) is 11.6 Å². The minimum absolute atomic E-state index is 0.754. The highest BCUT2D eigenvalue weighted by atomic mass is 35.5. The highest BCUT2D eigenvalue weighted by molar-refractivity contribution is 6.17. The molecule has 0 amide bonds. The minimum Gasteiger partial charge on any atom is -0.257 e. The van der Waals surface area contributed by atoms with Crippen molar-refractivity contribution in [1.82, 2.24) is 4.98 Å². The number of allylic oxidation sites excluding steroid dienone is 1. The summed E-state index contributed by atoms with van der Waals surface area (Å²) < 4.78 is 0. The van der Waals surface area contributed by atoms with Crippen molar-refractivity contribution >= 4 is 17.7 Å². The fourth-order valence-electron chi connectivity index (χ4n) is 1.28. The van der Waals surface area contributed by atoms with Crippen LogP contribution < -0.4 is 0 Å². The Kier molecular flexibility index (Phi) is 5.31. The molecule has 0 radical (unpaired) electrons. The second-order valence-corrected chi connectivity index (χ2v) is 3.62. The van der Waals surface area contributed by atoms with E-state index in [0.717, 1.165) is 30.8 Å². The monoisotopic (exact) mass is 209 g/mol. The Morgan fingerprint density at radius 2 is 2.21 bits per heavy atom. The molecule has 1 aromatic rings. The van der Waals surface area contributed by atoms with Crippen LogP contribution in [0.2, 0.25) is 0 Å². The molecule has 2 heteroatoms. The molecule has 0 unspecified atom stereocenters. The summed E-state index contributed by atoms with van der Waals surface area (Å²) in [4.78, 5) is 4.33. The first kappa shape index (κ1) is 11.3. The zero-order valence-electron chi connectivity index (χ0n) is 8.54. The van der Waals surface area contributed by atoms with Crippen molar-refractivity contribution < 1.29 is 0 Å². The third-order valence-electron chi connectivity index (χ3n) is 2.03. The standard InChI is InChI=1S/C12H16ClN/c1-2-5-12-8-7-11(10-14-12)6-3-4-9-13/h2,5,7-8,10H,3-4,6,9H2,1H3. The first-order chi connectivity index (χ1) is 6.86. The van der Waals surface area contributed by atoms with E-state index in [1.54, 1.807) is 0 Å². The van der Waals surface area contributed by atoms with E-state index in [2.05, 4.69) is 17.1 Å². The molecule has 0 aliphatic rings. The van der Waals surface area contributed by atoms with Gasteiger partial charge in [0.25, 0.3) is 0 Å². The van der Waals surface area contributed by atoms with Crippen molar-refractivity contribution in [3.63, 3.8) is 0 Å². The van der Waals surface area contributed by atoms with Crippen LogP contribution in [0.4, 0.5) is 0 Å². The molecule has 0 saturated carbocycles. The molecule has 1 heterocycles. The van der Waals surface area contributed by atoms with Crippen LogP contribution in [-0.2, 0) is 6.42 Å². The lowest BCUT2D eigenvalue weighted by Crippen LogP contribution is -1.89. The van der Waals surface area contributed by atoms with Crippen LogP contribution in [0.1, 0.15) is 31.0 Å². The predicted molar refractivity (Wildman–Crippen MR) is 62.6 cm³/mol. The molecule has 0 atom stereocenters. The summed E-state index contributed by atoms with van der Waals surface area (Å²) in [7, 11) is 0. The van der Waals surface area contributed by atoms with Gasteiger partial charge in [0, 0.05) is 12.1 Å². The van der Waals surface area contributed by atoms with E-state index >= 15 is 0 Å². The van der Waals surface area contributed by atoms with Gasteiger partial charge in [-0.15, -0.1) is 11.6 Å². The summed E-state index contributed by atoms with van der Waals surface area (Å²) >= 11 is 5.61. The van der Waals surface area contributed by atoms with E-state index in [0.29, 0.717) is 0 Å². The Bertz CT molecular complexity index is 277. The first-order valence-corrected chi connectivity index (χ1v) is 5.54. The summed E-state index contributed by atoms with van der Waals surface area (Å²) in [5, 5.41) is 0. The van der Waals surface area contributed by atoms with Gasteiger partial charge in [0.1, 0.15) is 0 Å². The molecule has 0 bridgehead atoms. The molecule has 14 heavy (non-hydrogen) atoms. The third kappa shape index (κ3) is 3.93. The molecule has 0 spiro atoms. The van der Waals surface area contributed by atoms with Crippen LogP contribution >= 0.6 is 11.6 Å². The molecule has 0 fully saturated rings. The second-order valence-electron chi connectivity index (χ2n) is 3.24. The molecule has 0 N–H and O–H groups in total. The van der Waals surface area contributed by atoms with Crippen LogP contribution in [-0.4, -0.2) is 10.9 Å². The highest BCUT2D eigenvalue weighted by Gasteiger charge is 1.93.